The lowest BCUT2D eigenvalue weighted by molar-refractivity contribution is -0.122. The maximum absolute atomic E-state index is 11.5. The molecule has 4 atom stereocenters. The number of primary amides is 1. The molecule has 0 unspecified atom stereocenters. The van der Waals surface area contributed by atoms with Crippen molar-refractivity contribution in [1.82, 2.24) is 10.2 Å². The number of fused-ring (bicyclic) bond motifs is 2. The van der Waals surface area contributed by atoms with E-state index in [4.69, 9.17) is 18.0 Å². The smallest absolute Gasteiger partial charge is 0.240 e. The highest BCUT2D eigenvalue weighted by Gasteiger charge is 2.40. The summed E-state index contributed by atoms with van der Waals surface area (Å²) in [5.41, 5.74) is 5.50. The Morgan fingerprint density at radius 2 is 2.05 bits per heavy atom. The van der Waals surface area contributed by atoms with Crippen LogP contribution < -0.4 is 11.1 Å². The molecule has 3 aliphatic rings. The number of carbonyl (C=O) groups is 1. The molecule has 1 amide bonds. The first kappa shape index (κ1) is 13.2. The third kappa shape index (κ3) is 2.57. The van der Waals surface area contributed by atoms with Gasteiger partial charge in [-0.25, -0.2) is 0 Å². The number of hydrogen-bond acceptors (Lipinski definition) is 2. The Bertz CT molecular complexity index is 387. The number of nitrogens with one attached hydrogen (secondary N) is 1. The summed E-state index contributed by atoms with van der Waals surface area (Å²) in [6, 6.07) is 0.328. The van der Waals surface area contributed by atoms with Crippen molar-refractivity contribution in [2.24, 2.45) is 17.6 Å². The zero-order valence-corrected chi connectivity index (χ0v) is 12.1. The Hall–Kier alpha value is -0.840. The second-order valence-electron chi connectivity index (χ2n) is 6.34. The molecule has 106 valence electrons. The highest BCUT2D eigenvalue weighted by atomic mass is 32.1. The van der Waals surface area contributed by atoms with Crippen LogP contribution in [0.3, 0.4) is 0 Å². The Balaban J connectivity index is 1.61. The van der Waals surface area contributed by atoms with Crippen molar-refractivity contribution in [3.05, 3.63) is 0 Å². The zero-order chi connectivity index (χ0) is 13.4. The fourth-order valence-electron chi connectivity index (χ4n) is 4.13. The Morgan fingerprint density at radius 1 is 1.21 bits per heavy atom. The lowest BCUT2D eigenvalue weighted by atomic mass is 9.95. The van der Waals surface area contributed by atoms with E-state index in [9.17, 15) is 4.79 Å². The van der Waals surface area contributed by atoms with Gasteiger partial charge in [0.05, 0.1) is 0 Å². The molecule has 0 aromatic carbocycles. The van der Waals surface area contributed by atoms with Crippen LogP contribution in [0.25, 0.3) is 0 Å². The number of thiocarbonyl (C=S) groups is 1. The fourth-order valence-corrected chi connectivity index (χ4v) is 4.50. The highest BCUT2D eigenvalue weighted by Crippen LogP contribution is 2.44. The van der Waals surface area contributed by atoms with Gasteiger partial charge in [0.25, 0.3) is 0 Å². The van der Waals surface area contributed by atoms with Crippen LogP contribution in [0, 0.1) is 11.8 Å². The lowest BCUT2D eigenvalue weighted by Crippen LogP contribution is -2.55. The molecule has 0 spiro atoms. The molecule has 19 heavy (non-hydrogen) atoms. The summed E-state index contributed by atoms with van der Waals surface area (Å²) in [6.07, 6.45) is 8.35. The molecule has 0 aromatic heterocycles. The molecule has 1 aliphatic heterocycles. The first-order chi connectivity index (χ1) is 9.15. The van der Waals surface area contributed by atoms with E-state index in [2.05, 4.69) is 5.32 Å². The number of nitrogens with two attached hydrogens (primary N) is 1. The Labute approximate surface area is 120 Å². The van der Waals surface area contributed by atoms with E-state index in [0.717, 1.165) is 42.8 Å². The van der Waals surface area contributed by atoms with Gasteiger partial charge in [0.2, 0.25) is 5.91 Å². The van der Waals surface area contributed by atoms with Crippen LogP contribution in [0.5, 0.6) is 0 Å². The van der Waals surface area contributed by atoms with Crippen molar-refractivity contribution in [3.63, 3.8) is 0 Å². The minimum absolute atomic E-state index is 0.202. The molecule has 1 saturated heterocycles. The molecule has 2 aliphatic carbocycles. The van der Waals surface area contributed by atoms with E-state index in [-0.39, 0.29) is 11.9 Å². The number of likely N-dealkylation sites (tertiary alicyclic amines) is 1. The molecular formula is C14H23N3OS. The second-order valence-corrected chi connectivity index (χ2v) is 6.72. The summed E-state index contributed by atoms with van der Waals surface area (Å²) in [5.74, 6) is 1.45. The van der Waals surface area contributed by atoms with Gasteiger partial charge in [0, 0.05) is 12.6 Å². The van der Waals surface area contributed by atoms with Gasteiger partial charge in [0.15, 0.2) is 5.11 Å². The summed E-state index contributed by atoms with van der Waals surface area (Å²) < 4.78 is 0. The predicted molar refractivity (Wildman–Crippen MR) is 78.5 cm³/mol. The number of nitrogens with zero attached hydrogens (tertiary/aromatic N) is 1. The van der Waals surface area contributed by atoms with Crippen molar-refractivity contribution in [1.29, 1.82) is 0 Å². The minimum atomic E-state index is -0.239. The van der Waals surface area contributed by atoms with Crippen LogP contribution in [0.1, 0.15) is 44.9 Å². The monoisotopic (exact) mass is 281 g/mol. The van der Waals surface area contributed by atoms with Gasteiger partial charge >= 0.3 is 0 Å². The maximum Gasteiger partial charge on any atom is 0.240 e. The van der Waals surface area contributed by atoms with Crippen molar-refractivity contribution in [2.45, 2.75) is 57.0 Å². The quantitative estimate of drug-likeness (QED) is 0.751. The van der Waals surface area contributed by atoms with Crippen LogP contribution in [0.15, 0.2) is 0 Å². The molecule has 3 fully saturated rings. The number of amides is 1. The Kier molecular flexibility index (Phi) is 3.65. The van der Waals surface area contributed by atoms with Crippen molar-refractivity contribution < 1.29 is 4.79 Å². The number of hydrogen-bond donors (Lipinski definition) is 2. The SMILES string of the molecule is NC(=O)[C@H]1CCCCN1C(=S)N[C@@H]1C[C@@H]2CC[C@@H]1C2. The topological polar surface area (TPSA) is 58.4 Å². The van der Waals surface area contributed by atoms with Gasteiger partial charge < -0.3 is 16.0 Å². The molecule has 3 N–H and O–H groups in total. The van der Waals surface area contributed by atoms with Crippen LogP contribution in [-0.4, -0.2) is 34.5 Å². The molecule has 2 saturated carbocycles. The van der Waals surface area contributed by atoms with Gasteiger partial charge in [-0.1, -0.05) is 6.42 Å². The summed E-state index contributed by atoms with van der Waals surface area (Å²) in [4.78, 5) is 13.5. The first-order valence-corrected chi connectivity index (χ1v) is 7.92. The number of carbonyl (C=O) groups excluding carboxylic acids is 1. The molecule has 0 aromatic rings. The third-order valence-electron chi connectivity index (χ3n) is 5.14. The largest absolute Gasteiger partial charge is 0.368 e. The minimum Gasteiger partial charge on any atom is -0.368 e. The van der Waals surface area contributed by atoms with E-state index in [1.807, 2.05) is 4.90 Å². The summed E-state index contributed by atoms with van der Waals surface area (Å²) >= 11 is 5.53. The molecule has 4 nitrogen and oxygen atoms in total. The third-order valence-corrected chi connectivity index (χ3v) is 5.49. The molecule has 1 heterocycles. The van der Waals surface area contributed by atoms with E-state index in [1.54, 1.807) is 0 Å². The summed E-state index contributed by atoms with van der Waals surface area (Å²) in [5, 5.41) is 4.27. The van der Waals surface area contributed by atoms with E-state index in [1.165, 1.54) is 25.7 Å². The van der Waals surface area contributed by atoms with E-state index < -0.39 is 0 Å². The number of rotatable bonds is 2. The number of piperidine rings is 1. The van der Waals surface area contributed by atoms with Crippen molar-refractivity contribution in [3.8, 4) is 0 Å². The van der Waals surface area contributed by atoms with Gasteiger partial charge in [-0.2, -0.15) is 0 Å². The summed E-state index contributed by atoms with van der Waals surface area (Å²) in [7, 11) is 0. The summed E-state index contributed by atoms with van der Waals surface area (Å²) in [6.45, 7) is 0.861. The fraction of sp³-hybridized carbons (Fsp3) is 0.857. The Morgan fingerprint density at radius 3 is 2.68 bits per heavy atom. The lowest BCUT2D eigenvalue weighted by Gasteiger charge is -2.37. The first-order valence-electron chi connectivity index (χ1n) is 7.51. The van der Waals surface area contributed by atoms with Crippen LogP contribution in [-0.2, 0) is 4.79 Å². The van der Waals surface area contributed by atoms with Crippen molar-refractivity contribution >= 4 is 23.2 Å². The normalized spacial score (nSPS) is 37.4. The molecular weight excluding hydrogens is 258 g/mol. The van der Waals surface area contributed by atoms with Gasteiger partial charge in [-0.05, 0) is 62.6 Å². The van der Waals surface area contributed by atoms with E-state index in [0.29, 0.717) is 6.04 Å². The maximum atomic E-state index is 11.5. The highest BCUT2D eigenvalue weighted by molar-refractivity contribution is 7.80. The van der Waals surface area contributed by atoms with Crippen LogP contribution in [0.2, 0.25) is 0 Å². The van der Waals surface area contributed by atoms with E-state index >= 15 is 0 Å². The molecule has 3 rings (SSSR count). The van der Waals surface area contributed by atoms with Gasteiger partial charge in [-0.3, -0.25) is 4.79 Å². The molecule has 5 heteroatoms. The zero-order valence-electron chi connectivity index (χ0n) is 11.3. The van der Waals surface area contributed by atoms with Gasteiger partial charge in [-0.15, -0.1) is 0 Å². The van der Waals surface area contributed by atoms with Crippen LogP contribution in [0.4, 0.5) is 0 Å². The standard InChI is InChI=1S/C14H23N3OS/c15-13(18)12-3-1-2-6-17(12)14(19)16-11-8-9-4-5-10(11)7-9/h9-12H,1-8H2,(H2,15,18)(H,16,19)/t9-,10-,11-,12-/m1/s1. The second kappa shape index (κ2) is 5.27. The average molecular weight is 281 g/mol. The molecule has 2 bridgehead atoms. The average Bonchev–Trinajstić information content (AvgIpc) is 3.01. The predicted octanol–water partition coefficient (Wildman–Crippen LogP) is 1.39. The molecule has 0 radical (unpaired) electrons. The van der Waals surface area contributed by atoms with Crippen molar-refractivity contribution in [2.75, 3.05) is 6.54 Å². The van der Waals surface area contributed by atoms with Gasteiger partial charge in [0.1, 0.15) is 6.04 Å². The van der Waals surface area contributed by atoms with Crippen LogP contribution >= 0.6 is 12.2 Å².